The lowest BCUT2D eigenvalue weighted by Crippen LogP contribution is -2.28. The van der Waals surface area contributed by atoms with Crippen molar-refractivity contribution < 1.29 is 17.9 Å². The molecule has 1 heterocycles. The number of nitrogens with zero attached hydrogens (tertiary/aromatic N) is 1. The zero-order chi connectivity index (χ0) is 19.5. The molecule has 1 amide bonds. The minimum atomic E-state index is -3.91. The standard InChI is InChI=1S/C19H25N3O4S/c1-2-3-13-26-14-7-12-21-19(23)17-9-4-5-10-18(17)27(24,25)22-16-8-6-11-20-15-16/h4-6,8-11,15,22H,2-3,7,12-14H2,1H3,(H,21,23). The molecule has 0 fully saturated rings. The molecule has 0 radical (unpaired) electrons. The summed E-state index contributed by atoms with van der Waals surface area (Å²) in [6.07, 6.45) is 5.71. The Kier molecular flexibility index (Phi) is 8.22. The largest absolute Gasteiger partial charge is 0.381 e. The minimum Gasteiger partial charge on any atom is -0.381 e. The highest BCUT2D eigenvalue weighted by Crippen LogP contribution is 2.19. The maximum absolute atomic E-state index is 12.7. The Hall–Kier alpha value is -2.45. The molecule has 0 saturated carbocycles. The van der Waals surface area contributed by atoms with Crippen molar-refractivity contribution in [3.8, 4) is 0 Å². The van der Waals surface area contributed by atoms with Gasteiger partial charge in [0, 0.05) is 26.0 Å². The third kappa shape index (κ3) is 6.65. The van der Waals surface area contributed by atoms with Crippen LogP contribution >= 0.6 is 0 Å². The molecule has 2 rings (SSSR count). The molecule has 0 spiro atoms. The smallest absolute Gasteiger partial charge is 0.262 e. The minimum absolute atomic E-state index is 0.0782. The topological polar surface area (TPSA) is 97.4 Å². The second-order valence-electron chi connectivity index (χ2n) is 5.92. The van der Waals surface area contributed by atoms with Gasteiger partial charge < -0.3 is 10.1 Å². The van der Waals surface area contributed by atoms with E-state index in [9.17, 15) is 13.2 Å². The number of hydrogen-bond donors (Lipinski definition) is 2. The Bertz CT molecular complexity index is 826. The van der Waals surface area contributed by atoms with Gasteiger partial charge in [-0.05, 0) is 37.1 Å². The van der Waals surface area contributed by atoms with E-state index < -0.39 is 15.9 Å². The molecule has 0 aliphatic carbocycles. The maximum atomic E-state index is 12.7. The molecule has 0 bridgehead atoms. The van der Waals surface area contributed by atoms with E-state index >= 15 is 0 Å². The number of nitrogens with one attached hydrogen (secondary N) is 2. The SMILES string of the molecule is CCCCOCCCNC(=O)c1ccccc1S(=O)(=O)Nc1cccnc1. The van der Waals surface area contributed by atoms with Crippen molar-refractivity contribution in [3.63, 3.8) is 0 Å². The molecular formula is C19H25N3O4S. The van der Waals surface area contributed by atoms with Gasteiger partial charge in [0.15, 0.2) is 0 Å². The van der Waals surface area contributed by atoms with Crippen LogP contribution in [0.25, 0.3) is 0 Å². The lowest BCUT2D eigenvalue weighted by Gasteiger charge is -2.12. The van der Waals surface area contributed by atoms with E-state index in [1.165, 1.54) is 18.3 Å². The Morgan fingerprint density at radius 1 is 1.11 bits per heavy atom. The Balaban J connectivity index is 1.99. The summed E-state index contributed by atoms with van der Waals surface area (Å²) in [5, 5.41) is 2.74. The molecule has 146 valence electrons. The lowest BCUT2D eigenvalue weighted by molar-refractivity contribution is 0.0937. The van der Waals surface area contributed by atoms with E-state index in [-0.39, 0.29) is 10.5 Å². The fraction of sp³-hybridized carbons (Fsp3) is 0.368. The number of rotatable bonds is 11. The van der Waals surface area contributed by atoms with Gasteiger partial charge in [0.05, 0.1) is 17.4 Å². The van der Waals surface area contributed by atoms with Crippen LogP contribution in [0, 0.1) is 0 Å². The fourth-order valence-corrected chi connectivity index (χ4v) is 3.59. The number of carbonyl (C=O) groups is 1. The van der Waals surface area contributed by atoms with Gasteiger partial charge in [0.25, 0.3) is 15.9 Å². The van der Waals surface area contributed by atoms with Crippen LogP contribution in [0.1, 0.15) is 36.5 Å². The Morgan fingerprint density at radius 3 is 2.63 bits per heavy atom. The average Bonchev–Trinajstić information content (AvgIpc) is 2.67. The van der Waals surface area contributed by atoms with Crippen molar-refractivity contribution in [1.29, 1.82) is 0 Å². The van der Waals surface area contributed by atoms with Gasteiger partial charge in [-0.3, -0.25) is 14.5 Å². The van der Waals surface area contributed by atoms with Crippen molar-refractivity contribution in [3.05, 3.63) is 54.4 Å². The summed E-state index contributed by atoms with van der Waals surface area (Å²) in [7, 11) is -3.91. The summed E-state index contributed by atoms with van der Waals surface area (Å²) in [4.78, 5) is 16.2. The molecular weight excluding hydrogens is 366 g/mol. The summed E-state index contributed by atoms with van der Waals surface area (Å²) in [5.41, 5.74) is 0.428. The highest BCUT2D eigenvalue weighted by Gasteiger charge is 2.22. The monoisotopic (exact) mass is 391 g/mol. The first-order chi connectivity index (χ1) is 13.0. The van der Waals surface area contributed by atoms with Crippen LogP contribution in [0.3, 0.4) is 0 Å². The number of sulfonamides is 1. The van der Waals surface area contributed by atoms with Crippen LogP contribution in [0.2, 0.25) is 0 Å². The summed E-state index contributed by atoms with van der Waals surface area (Å²) in [6, 6.07) is 9.32. The molecule has 1 aromatic heterocycles. The molecule has 0 atom stereocenters. The molecule has 8 heteroatoms. The van der Waals surface area contributed by atoms with E-state index in [0.29, 0.717) is 31.9 Å². The van der Waals surface area contributed by atoms with E-state index in [1.54, 1.807) is 30.5 Å². The second kappa shape index (κ2) is 10.6. The van der Waals surface area contributed by atoms with Crippen LogP contribution in [-0.2, 0) is 14.8 Å². The number of amides is 1. The Labute approximate surface area is 160 Å². The lowest BCUT2D eigenvalue weighted by atomic mass is 10.2. The summed E-state index contributed by atoms with van der Waals surface area (Å²) < 4.78 is 33.2. The molecule has 0 aliphatic rings. The first-order valence-corrected chi connectivity index (χ1v) is 10.4. The molecule has 2 N–H and O–H groups in total. The van der Waals surface area contributed by atoms with Crippen molar-refractivity contribution in [1.82, 2.24) is 10.3 Å². The van der Waals surface area contributed by atoms with Crippen LogP contribution in [-0.4, -0.2) is 39.1 Å². The normalized spacial score (nSPS) is 11.1. The van der Waals surface area contributed by atoms with Gasteiger partial charge in [-0.15, -0.1) is 0 Å². The van der Waals surface area contributed by atoms with Gasteiger partial charge >= 0.3 is 0 Å². The highest BCUT2D eigenvalue weighted by molar-refractivity contribution is 7.92. The fourth-order valence-electron chi connectivity index (χ4n) is 2.34. The van der Waals surface area contributed by atoms with Crippen LogP contribution < -0.4 is 10.0 Å². The predicted octanol–water partition coefficient (Wildman–Crippen LogP) is 2.82. The second-order valence-corrected chi connectivity index (χ2v) is 7.57. The van der Waals surface area contributed by atoms with Crippen molar-refractivity contribution in [2.45, 2.75) is 31.1 Å². The summed E-state index contributed by atoms with van der Waals surface area (Å²) in [5.74, 6) is -0.435. The number of carbonyl (C=O) groups excluding carboxylic acids is 1. The molecule has 2 aromatic rings. The molecule has 1 aromatic carbocycles. The van der Waals surface area contributed by atoms with Crippen LogP contribution in [0.4, 0.5) is 5.69 Å². The number of unbranched alkanes of at least 4 members (excludes halogenated alkanes) is 1. The zero-order valence-corrected chi connectivity index (χ0v) is 16.2. The number of anilines is 1. The highest BCUT2D eigenvalue weighted by atomic mass is 32.2. The molecule has 27 heavy (non-hydrogen) atoms. The van der Waals surface area contributed by atoms with Crippen molar-refractivity contribution >= 4 is 21.6 Å². The third-order valence-corrected chi connectivity index (χ3v) is 5.17. The van der Waals surface area contributed by atoms with Crippen molar-refractivity contribution in [2.24, 2.45) is 0 Å². The molecule has 0 aliphatic heterocycles. The van der Waals surface area contributed by atoms with Crippen molar-refractivity contribution in [2.75, 3.05) is 24.5 Å². The zero-order valence-electron chi connectivity index (χ0n) is 15.3. The number of aromatic nitrogens is 1. The molecule has 0 unspecified atom stereocenters. The van der Waals surface area contributed by atoms with Gasteiger partial charge in [0.1, 0.15) is 4.90 Å². The number of ether oxygens (including phenoxy) is 1. The van der Waals surface area contributed by atoms with Gasteiger partial charge in [0.2, 0.25) is 0 Å². The molecule has 7 nitrogen and oxygen atoms in total. The van der Waals surface area contributed by atoms with Gasteiger partial charge in [-0.25, -0.2) is 8.42 Å². The van der Waals surface area contributed by atoms with Crippen LogP contribution in [0.15, 0.2) is 53.7 Å². The van der Waals surface area contributed by atoms with Gasteiger partial charge in [-0.2, -0.15) is 0 Å². The molecule has 0 saturated heterocycles. The Morgan fingerprint density at radius 2 is 1.89 bits per heavy atom. The van der Waals surface area contributed by atoms with E-state index in [4.69, 9.17) is 4.74 Å². The van der Waals surface area contributed by atoms with E-state index in [0.717, 1.165) is 12.8 Å². The van der Waals surface area contributed by atoms with E-state index in [2.05, 4.69) is 21.9 Å². The number of benzene rings is 1. The average molecular weight is 391 g/mol. The summed E-state index contributed by atoms with van der Waals surface area (Å²) >= 11 is 0. The first-order valence-electron chi connectivity index (χ1n) is 8.92. The van der Waals surface area contributed by atoms with Crippen LogP contribution in [0.5, 0.6) is 0 Å². The van der Waals surface area contributed by atoms with E-state index in [1.807, 2.05) is 0 Å². The predicted molar refractivity (Wildman–Crippen MR) is 104 cm³/mol. The summed E-state index contributed by atoms with van der Waals surface area (Å²) in [6.45, 7) is 3.78. The third-order valence-electron chi connectivity index (χ3n) is 3.73. The number of pyridine rings is 1. The maximum Gasteiger partial charge on any atom is 0.262 e. The first kappa shape index (κ1) is 20.9. The number of hydrogen-bond acceptors (Lipinski definition) is 5. The van der Waals surface area contributed by atoms with Gasteiger partial charge in [-0.1, -0.05) is 25.5 Å². The quantitative estimate of drug-likeness (QED) is 0.574.